The number of rotatable bonds is 1. The van der Waals surface area contributed by atoms with Crippen LogP contribution in [0.3, 0.4) is 0 Å². The summed E-state index contributed by atoms with van der Waals surface area (Å²) in [4.78, 5) is 21.2. The molecule has 0 spiro atoms. The van der Waals surface area contributed by atoms with Crippen molar-refractivity contribution < 1.29 is 9.50 Å². The van der Waals surface area contributed by atoms with Crippen LogP contribution in [-0.2, 0) is 0 Å². The van der Waals surface area contributed by atoms with E-state index >= 15 is 0 Å². The van der Waals surface area contributed by atoms with Crippen LogP contribution >= 0.6 is 0 Å². The van der Waals surface area contributed by atoms with Gasteiger partial charge in [0.2, 0.25) is 5.82 Å². The van der Waals surface area contributed by atoms with Crippen LogP contribution in [0, 0.1) is 5.82 Å². The molecule has 0 saturated heterocycles. The number of aromatic hydroxyl groups is 1. The summed E-state index contributed by atoms with van der Waals surface area (Å²) in [7, 11) is 0. The fourth-order valence-corrected chi connectivity index (χ4v) is 1.68. The minimum atomic E-state index is -1.30. The van der Waals surface area contributed by atoms with E-state index in [-0.39, 0.29) is 5.82 Å². The molecule has 0 saturated carbocycles. The van der Waals surface area contributed by atoms with E-state index in [9.17, 15) is 14.3 Å². The molecular weight excluding hydrogens is 239 g/mol. The van der Waals surface area contributed by atoms with Gasteiger partial charge in [0.05, 0.1) is 6.20 Å². The molecule has 0 aliphatic rings. The number of imidazole rings is 1. The van der Waals surface area contributed by atoms with Crippen molar-refractivity contribution >= 4 is 5.65 Å². The van der Waals surface area contributed by atoms with E-state index in [1.807, 2.05) is 6.07 Å². The summed E-state index contributed by atoms with van der Waals surface area (Å²) in [6.45, 7) is 0. The second kappa shape index (κ2) is 3.66. The molecule has 0 aromatic carbocycles. The van der Waals surface area contributed by atoms with Crippen molar-refractivity contribution in [3.63, 3.8) is 0 Å². The molecule has 0 radical (unpaired) electrons. The second-order valence-electron chi connectivity index (χ2n) is 3.62. The van der Waals surface area contributed by atoms with E-state index in [0.717, 1.165) is 0 Å². The molecule has 2 N–H and O–H groups in total. The van der Waals surface area contributed by atoms with Gasteiger partial charge in [-0.3, -0.25) is 9.20 Å². The van der Waals surface area contributed by atoms with E-state index in [0.29, 0.717) is 11.3 Å². The van der Waals surface area contributed by atoms with E-state index in [1.54, 1.807) is 22.7 Å². The first kappa shape index (κ1) is 10.5. The zero-order chi connectivity index (χ0) is 12.7. The van der Waals surface area contributed by atoms with Gasteiger partial charge in [0.1, 0.15) is 11.3 Å². The lowest BCUT2D eigenvalue weighted by atomic mass is 10.4. The maximum atomic E-state index is 13.0. The number of nitrogens with zero attached hydrogens (tertiary/aromatic N) is 3. The summed E-state index contributed by atoms with van der Waals surface area (Å²) in [6, 6.07) is 5.36. The zero-order valence-corrected chi connectivity index (χ0v) is 8.96. The summed E-state index contributed by atoms with van der Waals surface area (Å²) in [5.74, 6) is -2.18. The van der Waals surface area contributed by atoms with Gasteiger partial charge in [-0.1, -0.05) is 6.07 Å². The smallest absolute Gasteiger partial charge is 0.291 e. The van der Waals surface area contributed by atoms with Gasteiger partial charge in [-0.05, 0) is 12.1 Å². The molecule has 0 aliphatic heterocycles. The first-order chi connectivity index (χ1) is 8.66. The number of nitrogens with one attached hydrogen (secondary N) is 1. The third kappa shape index (κ3) is 1.45. The Bertz CT molecular complexity index is 793. The summed E-state index contributed by atoms with van der Waals surface area (Å²) in [6.07, 6.45) is 3.20. The van der Waals surface area contributed by atoms with Crippen LogP contribution in [0.15, 0.2) is 35.4 Å². The summed E-state index contributed by atoms with van der Waals surface area (Å²) in [5.41, 5.74) is 0.0837. The van der Waals surface area contributed by atoms with Gasteiger partial charge in [-0.15, -0.1) is 0 Å². The largest absolute Gasteiger partial charge is 0.491 e. The van der Waals surface area contributed by atoms with Gasteiger partial charge in [-0.2, -0.15) is 9.37 Å². The number of H-pyrrole nitrogens is 1. The van der Waals surface area contributed by atoms with Crippen molar-refractivity contribution in [2.45, 2.75) is 0 Å². The molecule has 0 fully saturated rings. The van der Waals surface area contributed by atoms with Gasteiger partial charge in [0.15, 0.2) is 5.82 Å². The molecule has 0 amide bonds. The molecule has 3 heterocycles. The number of fused-ring (bicyclic) bond motifs is 1. The van der Waals surface area contributed by atoms with E-state index in [1.165, 1.54) is 6.20 Å². The molecule has 0 atom stereocenters. The lowest BCUT2D eigenvalue weighted by Crippen LogP contribution is -2.13. The first-order valence-electron chi connectivity index (χ1n) is 5.08. The normalized spacial score (nSPS) is 10.9. The van der Waals surface area contributed by atoms with Crippen LogP contribution in [-0.4, -0.2) is 24.5 Å². The van der Waals surface area contributed by atoms with Gasteiger partial charge in [-0.25, -0.2) is 4.98 Å². The van der Waals surface area contributed by atoms with Gasteiger partial charge < -0.3 is 10.1 Å². The third-order valence-corrected chi connectivity index (χ3v) is 2.50. The van der Waals surface area contributed by atoms with Crippen molar-refractivity contribution in [1.29, 1.82) is 0 Å². The Morgan fingerprint density at radius 1 is 1.39 bits per heavy atom. The molecule has 7 heteroatoms. The SMILES string of the molecule is O=c1[nH]c(-c2cnc3ccccn23)nc(O)c1F. The maximum Gasteiger partial charge on any atom is 0.291 e. The third-order valence-electron chi connectivity index (χ3n) is 2.50. The van der Waals surface area contributed by atoms with Gasteiger partial charge in [0, 0.05) is 6.20 Å². The van der Waals surface area contributed by atoms with E-state index in [2.05, 4.69) is 15.0 Å². The van der Waals surface area contributed by atoms with Gasteiger partial charge in [0.25, 0.3) is 11.4 Å². The molecule has 3 aromatic rings. The fraction of sp³-hybridized carbons (Fsp3) is 0. The van der Waals surface area contributed by atoms with Crippen molar-refractivity contribution in [2.75, 3.05) is 0 Å². The van der Waals surface area contributed by atoms with Crippen LogP contribution in [0.25, 0.3) is 17.2 Å². The van der Waals surface area contributed by atoms with Crippen LogP contribution in [0.1, 0.15) is 0 Å². The Labute approximate surface area is 99.4 Å². The highest BCUT2D eigenvalue weighted by Crippen LogP contribution is 2.18. The molecule has 90 valence electrons. The maximum absolute atomic E-state index is 13.0. The molecule has 0 bridgehead atoms. The van der Waals surface area contributed by atoms with Crippen molar-refractivity contribution in [2.24, 2.45) is 0 Å². The zero-order valence-electron chi connectivity index (χ0n) is 8.96. The minimum absolute atomic E-state index is 0.0533. The topological polar surface area (TPSA) is 83.3 Å². The Morgan fingerprint density at radius 3 is 3.00 bits per heavy atom. The van der Waals surface area contributed by atoms with Crippen LogP contribution in [0.4, 0.5) is 4.39 Å². The second-order valence-corrected chi connectivity index (χ2v) is 3.62. The number of pyridine rings is 1. The molecule has 6 nitrogen and oxygen atoms in total. The Hall–Kier alpha value is -2.70. The average Bonchev–Trinajstić information content (AvgIpc) is 2.79. The van der Waals surface area contributed by atoms with Crippen LogP contribution < -0.4 is 5.56 Å². The number of aromatic nitrogens is 4. The van der Waals surface area contributed by atoms with Gasteiger partial charge >= 0.3 is 0 Å². The quantitative estimate of drug-likeness (QED) is 0.669. The average molecular weight is 246 g/mol. The lowest BCUT2D eigenvalue weighted by Gasteiger charge is -2.01. The highest BCUT2D eigenvalue weighted by molar-refractivity contribution is 5.56. The number of aromatic amines is 1. The first-order valence-corrected chi connectivity index (χ1v) is 5.08. The van der Waals surface area contributed by atoms with Crippen LogP contribution in [0.2, 0.25) is 0 Å². The Morgan fingerprint density at radius 2 is 2.22 bits per heavy atom. The van der Waals surface area contributed by atoms with E-state index < -0.39 is 17.3 Å². The van der Waals surface area contributed by atoms with Crippen molar-refractivity contribution in [3.8, 4) is 17.4 Å². The van der Waals surface area contributed by atoms with Crippen LogP contribution in [0.5, 0.6) is 5.88 Å². The molecule has 0 aliphatic carbocycles. The number of hydrogen-bond acceptors (Lipinski definition) is 4. The summed E-state index contributed by atoms with van der Waals surface area (Å²) >= 11 is 0. The predicted octanol–water partition coefficient (Wildman–Crippen LogP) is 0.929. The molecular formula is C11H7FN4O2. The molecule has 3 rings (SSSR count). The Kier molecular flexibility index (Phi) is 2.12. The highest BCUT2D eigenvalue weighted by atomic mass is 19.1. The summed E-state index contributed by atoms with van der Waals surface area (Å²) < 4.78 is 14.6. The molecule has 0 unspecified atom stereocenters. The summed E-state index contributed by atoms with van der Waals surface area (Å²) in [5, 5.41) is 9.22. The number of hydrogen-bond donors (Lipinski definition) is 2. The highest BCUT2D eigenvalue weighted by Gasteiger charge is 2.13. The fourth-order valence-electron chi connectivity index (χ4n) is 1.68. The molecule has 3 aromatic heterocycles. The lowest BCUT2D eigenvalue weighted by molar-refractivity contribution is 0.405. The predicted molar refractivity (Wildman–Crippen MR) is 60.7 cm³/mol. The van der Waals surface area contributed by atoms with Crippen molar-refractivity contribution in [3.05, 3.63) is 46.8 Å². The number of halogens is 1. The Balaban J connectivity index is 2.30. The van der Waals surface area contributed by atoms with E-state index in [4.69, 9.17) is 0 Å². The standard InChI is InChI=1S/C11H7FN4O2/c12-8-10(17)14-9(15-11(8)18)6-5-13-7-3-1-2-4-16(6)7/h1-5H,(H2,14,15,17,18). The minimum Gasteiger partial charge on any atom is -0.491 e. The van der Waals surface area contributed by atoms with Crippen molar-refractivity contribution in [1.82, 2.24) is 19.4 Å². The molecule has 18 heavy (non-hydrogen) atoms. The monoisotopic (exact) mass is 246 g/mol.